The molecule has 25 heavy (non-hydrogen) atoms. The van der Waals surface area contributed by atoms with Crippen molar-refractivity contribution in [1.82, 2.24) is 0 Å². The molecule has 7 heteroatoms. The van der Waals surface area contributed by atoms with E-state index in [-0.39, 0.29) is 50.6 Å². The third-order valence-corrected chi connectivity index (χ3v) is 4.17. The molecule has 142 valence electrons. The molecule has 0 aliphatic heterocycles. The van der Waals surface area contributed by atoms with Gasteiger partial charge in [0.05, 0.1) is 18.6 Å². The van der Waals surface area contributed by atoms with Crippen LogP contribution in [0.1, 0.15) is 52.9 Å². The van der Waals surface area contributed by atoms with Crippen molar-refractivity contribution in [2.45, 2.75) is 52.9 Å². The second-order valence-corrected chi connectivity index (χ2v) is 6.51. The highest BCUT2D eigenvalue weighted by Gasteiger charge is 2.49. The molecular formula is C18H29NO6. The zero-order valence-corrected chi connectivity index (χ0v) is 15.5. The number of nitrogens with zero attached hydrogens (tertiary/aromatic N) is 1. The van der Waals surface area contributed by atoms with Crippen molar-refractivity contribution in [3.8, 4) is 6.07 Å². The summed E-state index contributed by atoms with van der Waals surface area (Å²) in [4.78, 5) is 36.5. The van der Waals surface area contributed by atoms with Gasteiger partial charge in [0.25, 0.3) is 0 Å². The SMILES string of the molecule is CCOC(=O)C(CCC(=O)O)C(CCC#N)(CC(C)C)C(=O)COC. The van der Waals surface area contributed by atoms with Crippen LogP contribution in [0.15, 0.2) is 0 Å². The molecule has 7 nitrogen and oxygen atoms in total. The second-order valence-electron chi connectivity index (χ2n) is 6.51. The fourth-order valence-corrected chi connectivity index (χ4v) is 3.28. The van der Waals surface area contributed by atoms with Gasteiger partial charge in [0.15, 0.2) is 5.78 Å². The van der Waals surface area contributed by atoms with Crippen molar-refractivity contribution >= 4 is 17.7 Å². The van der Waals surface area contributed by atoms with Gasteiger partial charge in [-0.25, -0.2) is 0 Å². The first-order chi connectivity index (χ1) is 11.7. The molecule has 0 saturated heterocycles. The van der Waals surface area contributed by atoms with Crippen molar-refractivity contribution in [3.63, 3.8) is 0 Å². The fraction of sp³-hybridized carbons (Fsp3) is 0.778. The molecule has 1 N–H and O–H groups in total. The standard InChI is InChI=1S/C18H29NO6/c1-5-25-17(23)14(7-8-16(21)22)18(9-6-10-19,11-13(2)3)15(20)12-24-4/h13-14H,5-9,11-12H2,1-4H3,(H,21,22). The number of ether oxygens (including phenoxy) is 2. The third kappa shape index (κ3) is 7.22. The van der Waals surface area contributed by atoms with Crippen LogP contribution in [0.25, 0.3) is 0 Å². The van der Waals surface area contributed by atoms with Gasteiger partial charge in [-0.1, -0.05) is 13.8 Å². The lowest BCUT2D eigenvalue weighted by Gasteiger charge is -2.39. The third-order valence-electron chi connectivity index (χ3n) is 4.17. The lowest BCUT2D eigenvalue weighted by molar-refractivity contribution is -0.161. The van der Waals surface area contributed by atoms with E-state index in [2.05, 4.69) is 0 Å². The summed E-state index contributed by atoms with van der Waals surface area (Å²) in [5.74, 6) is -2.77. The van der Waals surface area contributed by atoms with Crippen LogP contribution in [0.5, 0.6) is 0 Å². The predicted octanol–water partition coefficient (Wildman–Crippen LogP) is 2.58. The van der Waals surface area contributed by atoms with E-state index in [0.29, 0.717) is 6.42 Å². The van der Waals surface area contributed by atoms with Gasteiger partial charge in [-0.15, -0.1) is 0 Å². The Bertz CT molecular complexity index is 496. The van der Waals surface area contributed by atoms with Gasteiger partial charge in [0, 0.05) is 25.4 Å². The molecule has 0 aromatic heterocycles. The normalized spacial score (nSPS) is 14.4. The van der Waals surface area contributed by atoms with E-state index >= 15 is 0 Å². The number of rotatable bonds is 13. The molecule has 0 bridgehead atoms. The molecule has 0 aliphatic rings. The minimum absolute atomic E-state index is 0.0121. The molecular weight excluding hydrogens is 326 g/mol. The van der Waals surface area contributed by atoms with Crippen LogP contribution in [0, 0.1) is 28.6 Å². The molecule has 0 aliphatic carbocycles. The highest BCUT2D eigenvalue weighted by molar-refractivity contribution is 5.91. The van der Waals surface area contributed by atoms with E-state index in [1.807, 2.05) is 19.9 Å². The second kappa shape index (κ2) is 11.6. The lowest BCUT2D eigenvalue weighted by Crippen LogP contribution is -2.46. The predicted molar refractivity (Wildman–Crippen MR) is 90.6 cm³/mol. The number of esters is 1. The van der Waals surface area contributed by atoms with Crippen molar-refractivity contribution in [2.24, 2.45) is 17.3 Å². The first-order valence-electron chi connectivity index (χ1n) is 8.52. The Morgan fingerprint density at radius 1 is 1.28 bits per heavy atom. The average Bonchev–Trinajstić information content (AvgIpc) is 2.52. The summed E-state index contributed by atoms with van der Waals surface area (Å²) >= 11 is 0. The molecule has 0 aromatic rings. The number of carboxylic acids is 1. The van der Waals surface area contributed by atoms with E-state index in [0.717, 1.165) is 0 Å². The van der Waals surface area contributed by atoms with E-state index in [4.69, 9.17) is 19.8 Å². The van der Waals surface area contributed by atoms with E-state index in [1.54, 1.807) is 6.92 Å². The van der Waals surface area contributed by atoms with E-state index < -0.39 is 23.3 Å². The number of ketones is 1. The monoisotopic (exact) mass is 355 g/mol. The number of carbonyl (C=O) groups excluding carboxylic acids is 2. The summed E-state index contributed by atoms with van der Waals surface area (Å²) in [6.45, 7) is 5.43. The van der Waals surface area contributed by atoms with Crippen LogP contribution in [0.2, 0.25) is 0 Å². The topological polar surface area (TPSA) is 114 Å². The van der Waals surface area contributed by atoms with Crippen LogP contribution in [-0.2, 0) is 23.9 Å². The Kier molecular flexibility index (Phi) is 10.7. The van der Waals surface area contributed by atoms with E-state index in [1.165, 1.54) is 7.11 Å². The summed E-state index contributed by atoms with van der Waals surface area (Å²) in [6.07, 6.45) is 0.357. The number of Topliss-reactive ketones (excluding diaryl/α,β-unsaturated/α-hetero) is 1. The molecule has 0 heterocycles. The fourth-order valence-electron chi connectivity index (χ4n) is 3.28. The van der Waals surface area contributed by atoms with Gasteiger partial charge in [0.1, 0.15) is 6.61 Å². The molecule has 2 atom stereocenters. The van der Waals surface area contributed by atoms with Crippen molar-refractivity contribution in [2.75, 3.05) is 20.3 Å². The number of nitriles is 1. The van der Waals surface area contributed by atoms with Crippen LogP contribution in [0.4, 0.5) is 0 Å². The van der Waals surface area contributed by atoms with Crippen LogP contribution >= 0.6 is 0 Å². The first kappa shape index (κ1) is 23.1. The molecule has 0 amide bonds. The maximum Gasteiger partial charge on any atom is 0.309 e. The Morgan fingerprint density at radius 2 is 1.92 bits per heavy atom. The summed E-state index contributed by atoms with van der Waals surface area (Å²) < 4.78 is 10.1. The Hall–Kier alpha value is -1.94. The largest absolute Gasteiger partial charge is 0.481 e. The van der Waals surface area contributed by atoms with Gasteiger partial charge in [-0.2, -0.15) is 5.26 Å². The zero-order chi connectivity index (χ0) is 19.5. The highest BCUT2D eigenvalue weighted by atomic mass is 16.5. The molecule has 0 radical (unpaired) electrons. The highest BCUT2D eigenvalue weighted by Crippen LogP contribution is 2.43. The summed E-state index contributed by atoms with van der Waals surface area (Å²) in [7, 11) is 1.39. The van der Waals surface area contributed by atoms with Gasteiger partial charge < -0.3 is 14.6 Å². The number of aliphatic carboxylic acids is 1. The number of methoxy groups -OCH3 is 1. The molecule has 0 spiro atoms. The van der Waals surface area contributed by atoms with E-state index in [9.17, 15) is 14.4 Å². The van der Waals surface area contributed by atoms with Gasteiger partial charge in [0.2, 0.25) is 0 Å². The number of carbonyl (C=O) groups is 3. The summed E-state index contributed by atoms with van der Waals surface area (Å²) in [6, 6.07) is 2.02. The van der Waals surface area contributed by atoms with Crippen LogP contribution in [0.3, 0.4) is 0 Å². The van der Waals surface area contributed by atoms with Gasteiger partial charge in [-0.05, 0) is 32.1 Å². The number of hydrogen-bond acceptors (Lipinski definition) is 6. The Labute approximate surface area is 149 Å². The molecule has 0 saturated carbocycles. The summed E-state index contributed by atoms with van der Waals surface area (Å²) in [5, 5.41) is 18.0. The molecule has 0 fully saturated rings. The molecule has 2 unspecified atom stereocenters. The van der Waals surface area contributed by atoms with Crippen LogP contribution < -0.4 is 0 Å². The minimum atomic E-state index is -1.17. The quantitative estimate of drug-likeness (QED) is 0.505. The minimum Gasteiger partial charge on any atom is -0.481 e. The number of hydrogen-bond donors (Lipinski definition) is 1. The van der Waals surface area contributed by atoms with Crippen LogP contribution in [-0.4, -0.2) is 43.2 Å². The summed E-state index contributed by atoms with van der Waals surface area (Å²) in [5.41, 5.74) is -1.17. The molecule has 0 rings (SSSR count). The van der Waals surface area contributed by atoms with Gasteiger partial charge in [-0.3, -0.25) is 14.4 Å². The van der Waals surface area contributed by atoms with Crippen molar-refractivity contribution in [1.29, 1.82) is 5.26 Å². The van der Waals surface area contributed by atoms with Crippen molar-refractivity contribution < 1.29 is 29.0 Å². The maximum absolute atomic E-state index is 12.9. The number of carboxylic acid groups (broad SMARTS) is 1. The molecule has 0 aromatic carbocycles. The Morgan fingerprint density at radius 3 is 2.36 bits per heavy atom. The maximum atomic E-state index is 12.9. The Balaban J connectivity index is 6.04. The van der Waals surface area contributed by atoms with Gasteiger partial charge >= 0.3 is 11.9 Å². The smallest absolute Gasteiger partial charge is 0.309 e. The first-order valence-corrected chi connectivity index (χ1v) is 8.52. The zero-order valence-electron chi connectivity index (χ0n) is 15.5. The lowest BCUT2D eigenvalue weighted by atomic mass is 9.63. The van der Waals surface area contributed by atoms with Crippen molar-refractivity contribution in [3.05, 3.63) is 0 Å². The average molecular weight is 355 g/mol.